The van der Waals surface area contributed by atoms with E-state index in [4.69, 9.17) is 9.51 Å². The minimum atomic E-state index is 0.420. The highest BCUT2D eigenvalue weighted by Gasteiger charge is 2.33. The highest BCUT2D eigenvalue weighted by atomic mass is 16.5. The molecular weight excluding hydrogens is 262 g/mol. The maximum Gasteiger partial charge on any atom is 0.231 e. The quantitative estimate of drug-likeness (QED) is 0.891. The summed E-state index contributed by atoms with van der Waals surface area (Å²) in [5.41, 5.74) is 0. The molecule has 1 aromatic heterocycles. The normalized spacial score (nSPS) is 33.4. The summed E-state index contributed by atoms with van der Waals surface area (Å²) in [6.45, 7) is 5.48. The molecule has 0 saturated heterocycles. The van der Waals surface area contributed by atoms with Crippen molar-refractivity contribution in [1.29, 1.82) is 0 Å². The van der Waals surface area contributed by atoms with Crippen molar-refractivity contribution in [2.24, 2.45) is 5.92 Å². The maximum absolute atomic E-state index is 5.66. The summed E-state index contributed by atoms with van der Waals surface area (Å²) >= 11 is 0. The van der Waals surface area contributed by atoms with Crippen molar-refractivity contribution < 1.29 is 4.52 Å². The van der Waals surface area contributed by atoms with Gasteiger partial charge < -0.3 is 9.84 Å². The third-order valence-corrected chi connectivity index (χ3v) is 5.49. The van der Waals surface area contributed by atoms with E-state index in [0.717, 1.165) is 24.2 Å². The van der Waals surface area contributed by atoms with Crippen LogP contribution in [0, 0.1) is 5.92 Å². The van der Waals surface area contributed by atoms with E-state index in [2.05, 4.69) is 24.3 Å². The van der Waals surface area contributed by atoms with Crippen LogP contribution in [0.15, 0.2) is 4.52 Å². The highest BCUT2D eigenvalue weighted by Crippen LogP contribution is 2.39. The van der Waals surface area contributed by atoms with Crippen LogP contribution < -0.4 is 5.32 Å². The summed E-state index contributed by atoms with van der Waals surface area (Å²) in [6.07, 6.45) is 10.1. The van der Waals surface area contributed by atoms with Gasteiger partial charge in [0.15, 0.2) is 5.82 Å². The molecule has 4 heteroatoms. The van der Waals surface area contributed by atoms with Crippen molar-refractivity contribution in [2.75, 3.05) is 6.54 Å². The maximum atomic E-state index is 5.66. The molecular formula is C17H29N3O. The van der Waals surface area contributed by atoms with E-state index in [1.807, 2.05) is 0 Å². The number of rotatable bonds is 5. The van der Waals surface area contributed by atoms with Crippen LogP contribution in [0.25, 0.3) is 0 Å². The monoisotopic (exact) mass is 291 g/mol. The molecule has 0 aromatic carbocycles. The molecule has 2 fully saturated rings. The van der Waals surface area contributed by atoms with Gasteiger partial charge in [-0.2, -0.15) is 4.98 Å². The van der Waals surface area contributed by atoms with E-state index in [9.17, 15) is 0 Å². The average molecular weight is 291 g/mol. The molecule has 3 rings (SSSR count). The van der Waals surface area contributed by atoms with Gasteiger partial charge in [-0.25, -0.2) is 0 Å². The van der Waals surface area contributed by atoms with Crippen molar-refractivity contribution in [2.45, 2.75) is 83.1 Å². The van der Waals surface area contributed by atoms with Gasteiger partial charge >= 0.3 is 0 Å². The molecule has 0 spiro atoms. The summed E-state index contributed by atoms with van der Waals surface area (Å²) in [5.74, 6) is 3.68. The van der Waals surface area contributed by atoms with Gasteiger partial charge in [-0.15, -0.1) is 0 Å². The van der Waals surface area contributed by atoms with Gasteiger partial charge in [0.2, 0.25) is 5.89 Å². The Bertz CT molecular complexity index is 443. The van der Waals surface area contributed by atoms with Crippen LogP contribution in [0.4, 0.5) is 0 Å². The van der Waals surface area contributed by atoms with Crippen molar-refractivity contribution in [1.82, 2.24) is 15.5 Å². The van der Waals surface area contributed by atoms with E-state index in [-0.39, 0.29) is 0 Å². The molecule has 1 aromatic rings. The summed E-state index contributed by atoms with van der Waals surface area (Å²) in [7, 11) is 0. The fourth-order valence-corrected chi connectivity index (χ4v) is 4.18. The Morgan fingerprint density at radius 1 is 1.14 bits per heavy atom. The van der Waals surface area contributed by atoms with Crippen LogP contribution in [0.1, 0.15) is 88.8 Å². The molecule has 1 heterocycles. The number of aromatic nitrogens is 2. The zero-order valence-corrected chi connectivity index (χ0v) is 13.5. The minimum absolute atomic E-state index is 0.420. The number of hydrogen-bond donors (Lipinski definition) is 1. The van der Waals surface area contributed by atoms with Gasteiger partial charge in [0.05, 0.1) is 5.92 Å². The first kappa shape index (κ1) is 15.0. The second-order valence-corrected chi connectivity index (χ2v) is 6.83. The lowest BCUT2D eigenvalue weighted by atomic mass is 9.84. The Morgan fingerprint density at radius 2 is 2.00 bits per heavy atom. The topological polar surface area (TPSA) is 51.0 Å². The van der Waals surface area contributed by atoms with Gasteiger partial charge in [0, 0.05) is 12.0 Å². The summed E-state index contributed by atoms with van der Waals surface area (Å²) in [6, 6.07) is 0.518. The Balaban J connectivity index is 1.69. The molecule has 2 saturated carbocycles. The van der Waals surface area contributed by atoms with Crippen LogP contribution in [0.5, 0.6) is 0 Å². The summed E-state index contributed by atoms with van der Waals surface area (Å²) in [4.78, 5) is 4.80. The van der Waals surface area contributed by atoms with E-state index in [1.165, 1.54) is 51.4 Å². The lowest BCUT2D eigenvalue weighted by Gasteiger charge is -2.29. The minimum Gasteiger partial charge on any atom is -0.339 e. The Morgan fingerprint density at radius 3 is 2.76 bits per heavy atom. The molecule has 4 unspecified atom stereocenters. The molecule has 0 aliphatic heterocycles. The fourth-order valence-electron chi connectivity index (χ4n) is 4.18. The Hall–Kier alpha value is -0.900. The largest absolute Gasteiger partial charge is 0.339 e. The summed E-state index contributed by atoms with van der Waals surface area (Å²) < 4.78 is 5.66. The second kappa shape index (κ2) is 6.91. The molecule has 4 nitrogen and oxygen atoms in total. The van der Waals surface area contributed by atoms with Crippen LogP contribution in [0.2, 0.25) is 0 Å². The lowest BCUT2D eigenvalue weighted by Crippen LogP contribution is -2.37. The molecule has 2 aliphatic rings. The molecule has 2 aliphatic carbocycles. The zero-order valence-electron chi connectivity index (χ0n) is 13.5. The smallest absolute Gasteiger partial charge is 0.231 e. The van der Waals surface area contributed by atoms with Gasteiger partial charge in [-0.05, 0) is 44.6 Å². The molecule has 1 N–H and O–H groups in total. The molecule has 4 atom stereocenters. The first-order valence-electron chi connectivity index (χ1n) is 8.88. The van der Waals surface area contributed by atoms with E-state index < -0.39 is 0 Å². The Labute approximate surface area is 128 Å². The zero-order chi connectivity index (χ0) is 14.7. The number of hydrogen-bond acceptors (Lipinski definition) is 4. The first-order chi connectivity index (χ1) is 10.3. The SMILES string of the molecule is CCNC1CCCCC1c1nc(C2CCC(CC)C2)no1. The summed E-state index contributed by atoms with van der Waals surface area (Å²) in [5, 5.41) is 7.92. The van der Waals surface area contributed by atoms with E-state index >= 15 is 0 Å². The number of nitrogens with zero attached hydrogens (tertiary/aromatic N) is 2. The van der Waals surface area contributed by atoms with Crippen LogP contribution in [-0.2, 0) is 0 Å². The second-order valence-electron chi connectivity index (χ2n) is 6.83. The molecule has 118 valence electrons. The third-order valence-electron chi connectivity index (χ3n) is 5.49. The van der Waals surface area contributed by atoms with Gasteiger partial charge in [-0.1, -0.05) is 38.3 Å². The predicted octanol–water partition coefficient (Wildman–Crippen LogP) is 4.00. The van der Waals surface area contributed by atoms with Crippen LogP contribution >= 0.6 is 0 Å². The fraction of sp³-hybridized carbons (Fsp3) is 0.882. The standard InChI is InChI=1S/C17H29N3O/c1-3-12-9-10-13(11-12)16-19-17(21-20-16)14-7-5-6-8-15(14)18-4-2/h12-15,18H,3-11H2,1-2H3. The van der Waals surface area contributed by atoms with Crippen molar-refractivity contribution in [3.63, 3.8) is 0 Å². The molecule has 21 heavy (non-hydrogen) atoms. The molecule has 0 radical (unpaired) electrons. The van der Waals surface area contributed by atoms with E-state index in [1.54, 1.807) is 0 Å². The lowest BCUT2D eigenvalue weighted by molar-refractivity contribution is 0.263. The number of nitrogens with one attached hydrogen (secondary N) is 1. The van der Waals surface area contributed by atoms with Crippen LogP contribution in [-0.4, -0.2) is 22.7 Å². The van der Waals surface area contributed by atoms with Gasteiger partial charge in [0.1, 0.15) is 0 Å². The van der Waals surface area contributed by atoms with Crippen molar-refractivity contribution in [3.05, 3.63) is 11.7 Å². The Kier molecular flexibility index (Phi) is 4.94. The first-order valence-corrected chi connectivity index (χ1v) is 8.88. The number of likely N-dealkylation sites (N-methyl/N-ethyl adjacent to an activating group) is 1. The van der Waals surface area contributed by atoms with Crippen molar-refractivity contribution in [3.8, 4) is 0 Å². The van der Waals surface area contributed by atoms with Gasteiger partial charge in [0.25, 0.3) is 0 Å². The molecule has 0 bridgehead atoms. The van der Waals surface area contributed by atoms with Crippen molar-refractivity contribution >= 4 is 0 Å². The third kappa shape index (κ3) is 3.31. The average Bonchev–Trinajstić information content (AvgIpc) is 3.17. The van der Waals surface area contributed by atoms with Crippen LogP contribution in [0.3, 0.4) is 0 Å². The molecule has 0 amide bonds. The van der Waals surface area contributed by atoms with E-state index in [0.29, 0.717) is 17.9 Å². The van der Waals surface area contributed by atoms with Gasteiger partial charge in [-0.3, -0.25) is 0 Å². The highest BCUT2D eigenvalue weighted by molar-refractivity contribution is 5.05. The predicted molar refractivity (Wildman–Crippen MR) is 83.3 cm³/mol.